The maximum absolute atomic E-state index is 5.90. The summed E-state index contributed by atoms with van der Waals surface area (Å²) in [4.78, 5) is 10.9. The Morgan fingerprint density at radius 1 is 1.39 bits per heavy atom. The van der Waals surface area contributed by atoms with Gasteiger partial charge in [0.05, 0.1) is 18.0 Å². The van der Waals surface area contributed by atoms with Crippen LogP contribution in [-0.4, -0.2) is 47.0 Å². The highest BCUT2D eigenvalue weighted by Crippen LogP contribution is 2.26. The molecule has 0 bridgehead atoms. The molecule has 23 heavy (non-hydrogen) atoms. The fraction of sp³-hybridized carbons (Fsp3) is 0.562. The molecule has 0 aliphatic carbocycles. The smallest absolute Gasteiger partial charge is 0.222 e. The largest absolute Gasteiger partial charge is 0.381 e. The van der Waals surface area contributed by atoms with Gasteiger partial charge in [-0.3, -0.25) is 5.10 Å². The van der Waals surface area contributed by atoms with E-state index >= 15 is 0 Å². The van der Waals surface area contributed by atoms with Crippen molar-refractivity contribution in [1.82, 2.24) is 20.2 Å². The molecule has 0 aromatic carbocycles. The number of hydrogen-bond donors (Lipinski definition) is 2. The number of anilines is 2. The maximum Gasteiger partial charge on any atom is 0.222 e. The van der Waals surface area contributed by atoms with Gasteiger partial charge in [0.1, 0.15) is 5.82 Å². The van der Waals surface area contributed by atoms with Gasteiger partial charge in [0.25, 0.3) is 0 Å². The van der Waals surface area contributed by atoms with Crippen LogP contribution in [-0.2, 0) is 11.2 Å². The number of aromatic nitrogens is 4. The Morgan fingerprint density at radius 2 is 2.22 bits per heavy atom. The van der Waals surface area contributed by atoms with Gasteiger partial charge in [0, 0.05) is 37.9 Å². The van der Waals surface area contributed by atoms with Crippen LogP contribution in [0.25, 0.3) is 0 Å². The van der Waals surface area contributed by atoms with Gasteiger partial charge in [-0.25, -0.2) is 4.98 Å². The topological polar surface area (TPSA) is 93.0 Å². The second-order valence-electron chi connectivity index (χ2n) is 6.15. The first kappa shape index (κ1) is 15.7. The van der Waals surface area contributed by atoms with Crippen molar-refractivity contribution in [2.75, 3.05) is 37.4 Å². The molecule has 1 fully saturated rings. The number of nitrogens with one attached hydrogen (secondary N) is 1. The summed E-state index contributed by atoms with van der Waals surface area (Å²) in [5.41, 5.74) is 10.3. The number of rotatable bonds is 5. The minimum absolute atomic E-state index is 0.325. The van der Waals surface area contributed by atoms with E-state index in [0.29, 0.717) is 18.5 Å². The van der Waals surface area contributed by atoms with E-state index in [4.69, 9.17) is 10.5 Å². The van der Waals surface area contributed by atoms with Crippen LogP contribution in [0.4, 0.5) is 11.8 Å². The molecule has 3 rings (SSSR count). The molecular formula is C16H24N6O. The molecule has 3 heterocycles. The van der Waals surface area contributed by atoms with E-state index in [1.807, 2.05) is 20.0 Å². The lowest BCUT2D eigenvalue weighted by Crippen LogP contribution is -2.23. The van der Waals surface area contributed by atoms with Crippen LogP contribution in [0.5, 0.6) is 0 Å². The SMILES string of the molecule is Cc1n[nH]c(C)c1CCN(C)c1cc([C@@H]2CCOC2)nc(N)n1. The quantitative estimate of drug-likeness (QED) is 0.870. The van der Waals surface area contributed by atoms with Crippen molar-refractivity contribution in [2.45, 2.75) is 32.6 Å². The lowest BCUT2D eigenvalue weighted by atomic mass is 10.0. The number of H-pyrrole nitrogens is 1. The third kappa shape index (κ3) is 3.44. The zero-order valence-corrected chi connectivity index (χ0v) is 14.0. The highest BCUT2D eigenvalue weighted by molar-refractivity contribution is 5.44. The van der Waals surface area contributed by atoms with Gasteiger partial charge in [-0.05, 0) is 32.3 Å². The number of likely N-dealkylation sites (N-methyl/N-ethyl adjacent to an activating group) is 1. The van der Waals surface area contributed by atoms with Gasteiger partial charge in [-0.15, -0.1) is 0 Å². The molecule has 0 radical (unpaired) electrons. The molecule has 0 saturated carbocycles. The van der Waals surface area contributed by atoms with Crippen LogP contribution in [0.1, 0.15) is 35.0 Å². The number of ether oxygens (including phenoxy) is 1. The molecule has 0 spiro atoms. The second kappa shape index (κ2) is 6.54. The molecule has 1 atom stereocenters. The fourth-order valence-corrected chi connectivity index (χ4v) is 2.98. The number of aryl methyl sites for hydroxylation is 2. The summed E-state index contributed by atoms with van der Waals surface area (Å²) in [6.45, 7) is 6.43. The summed E-state index contributed by atoms with van der Waals surface area (Å²) in [5, 5.41) is 7.27. The average molecular weight is 316 g/mol. The lowest BCUT2D eigenvalue weighted by molar-refractivity contribution is 0.193. The minimum atomic E-state index is 0.325. The monoisotopic (exact) mass is 316 g/mol. The number of nitrogens with zero attached hydrogens (tertiary/aromatic N) is 4. The third-order valence-corrected chi connectivity index (χ3v) is 4.47. The molecule has 2 aromatic rings. The standard InChI is InChI=1S/C16H24N6O/c1-10-13(11(2)21-20-10)4-6-22(3)15-8-14(18-16(17)19-15)12-5-7-23-9-12/h8,12H,4-7,9H2,1-3H3,(H,20,21)(H2,17,18,19)/t12-/m1/s1. The molecule has 0 unspecified atom stereocenters. The first-order valence-electron chi connectivity index (χ1n) is 7.98. The van der Waals surface area contributed by atoms with Gasteiger partial charge < -0.3 is 15.4 Å². The van der Waals surface area contributed by atoms with Gasteiger partial charge in [-0.1, -0.05) is 0 Å². The summed E-state index contributed by atoms with van der Waals surface area (Å²) in [7, 11) is 2.03. The predicted molar refractivity (Wildman–Crippen MR) is 89.7 cm³/mol. The molecule has 124 valence electrons. The Labute approximate surface area is 136 Å². The predicted octanol–water partition coefficient (Wildman–Crippen LogP) is 1.58. The molecule has 3 N–H and O–H groups in total. The fourth-order valence-electron chi connectivity index (χ4n) is 2.98. The summed E-state index contributed by atoms with van der Waals surface area (Å²) in [6, 6.07) is 2.03. The molecule has 1 saturated heterocycles. The van der Waals surface area contributed by atoms with Crippen LogP contribution in [0.15, 0.2) is 6.07 Å². The zero-order chi connectivity index (χ0) is 16.4. The number of aromatic amines is 1. The molecular weight excluding hydrogens is 292 g/mol. The third-order valence-electron chi connectivity index (χ3n) is 4.47. The van der Waals surface area contributed by atoms with Crippen molar-refractivity contribution in [1.29, 1.82) is 0 Å². The average Bonchev–Trinajstić information content (AvgIpc) is 3.16. The summed E-state index contributed by atoms with van der Waals surface area (Å²) < 4.78 is 5.45. The van der Waals surface area contributed by atoms with Crippen molar-refractivity contribution in [2.24, 2.45) is 0 Å². The molecule has 7 heteroatoms. The van der Waals surface area contributed by atoms with Crippen molar-refractivity contribution < 1.29 is 4.74 Å². The lowest BCUT2D eigenvalue weighted by Gasteiger charge is -2.20. The number of hydrogen-bond acceptors (Lipinski definition) is 6. The summed E-state index contributed by atoms with van der Waals surface area (Å²) >= 11 is 0. The Hall–Kier alpha value is -2.15. The van der Waals surface area contributed by atoms with E-state index in [2.05, 4.69) is 32.0 Å². The second-order valence-corrected chi connectivity index (χ2v) is 6.15. The molecule has 0 amide bonds. The molecule has 1 aliphatic heterocycles. The van der Waals surface area contributed by atoms with E-state index in [1.165, 1.54) is 5.56 Å². The first-order chi connectivity index (χ1) is 11.0. The first-order valence-corrected chi connectivity index (χ1v) is 7.98. The Morgan fingerprint density at radius 3 is 2.87 bits per heavy atom. The Balaban J connectivity index is 1.72. The highest BCUT2D eigenvalue weighted by Gasteiger charge is 2.21. The van der Waals surface area contributed by atoms with E-state index in [-0.39, 0.29) is 0 Å². The maximum atomic E-state index is 5.90. The van der Waals surface area contributed by atoms with Gasteiger partial charge in [0.2, 0.25) is 5.95 Å². The molecule has 1 aliphatic rings. The van der Waals surface area contributed by atoms with E-state index in [9.17, 15) is 0 Å². The van der Waals surface area contributed by atoms with Crippen molar-refractivity contribution in [3.8, 4) is 0 Å². The minimum Gasteiger partial charge on any atom is -0.381 e. The summed E-state index contributed by atoms with van der Waals surface area (Å²) in [5.74, 6) is 1.51. The zero-order valence-electron chi connectivity index (χ0n) is 14.0. The van der Waals surface area contributed by atoms with Crippen LogP contribution in [0, 0.1) is 13.8 Å². The van der Waals surface area contributed by atoms with Gasteiger partial charge in [-0.2, -0.15) is 10.1 Å². The van der Waals surface area contributed by atoms with Gasteiger partial charge in [0.15, 0.2) is 0 Å². The van der Waals surface area contributed by atoms with Crippen LogP contribution >= 0.6 is 0 Å². The van der Waals surface area contributed by atoms with Crippen molar-refractivity contribution in [3.05, 3.63) is 28.7 Å². The normalized spacial score (nSPS) is 17.6. The van der Waals surface area contributed by atoms with Crippen LogP contribution < -0.4 is 10.6 Å². The van der Waals surface area contributed by atoms with Crippen molar-refractivity contribution in [3.63, 3.8) is 0 Å². The number of nitrogens with two attached hydrogens (primary N) is 1. The highest BCUT2D eigenvalue weighted by atomic mass is 16.5. The van der Waals surface area contributed by atoms with Crippen molar-refractivity contribution >= 4 is 11.8 Å². The van der Waals surface area contributed by atoms with E-state index in [0.717, 1.165) is 48.9 Å². The van der Waals surface area contributed by atoms with Crippen LogP contribution in [0.2, 0.25) is 0 Å². The van der Waals surface area contributed by atoms with E-state index in [1.54, 1.807) is 0 Å². The summed E-state index contributed by atoms with van der Waals surface area (Å²) in [6.07, 6.45) is 1.91. The Kier molecular flexibility index (Phi) is 4.47. The Bertz CT molecular complexity index is 658. The molecule has 2 aromatic heterocycles. The number of nitrogen functional groups attached to an aromatic ring is 1. The van der Waals surface area contributed by atoms with Crippen LogP contribution in [0.3, 0.4) is 0 Å². The van der Waals surface area contributed by atoms with E-state index < -0.39 is 0 Å². The molecule has 7 nitrogen and oxygen atoms in total. The van der Waals surface area contributed by atoms with Gasteiger partial charge >= 0.3 is 0 Å².